The first kappa shape index (κ1) is 20.8. The molecule has 160 valence electrons. The number of aldehydes is 1. The van der Waals surface area contributed by atoms with E-state index in [2.05, 4.69) is 51.3 Å². The Balaban J connectivity index is 1.36. The lowest BCUT2D eigenvalue weighted by Gasteiger charge is -2.33. The normalized spacial score (nSPS) is 14.5. The number of aromatic nitrogens is 2. The SMILES string of the molecule is COc1ccc(-c2ccc(N3CCC(Cc4nc(C)c(O)c(C=O)n4)CC3)cc2)cc1. The lowest BCUT2D eigenvalue weighted by molar-refractivity contribution is 0.111. The molecule has 1 aliphatic heterocycles. The first-order valence-corrected chi connectivity index (χ1v) is 10.6. The van der Waals surface area contributed by atoms with Crippen LogP contribution in [-0.2, 0) is 6.42 Å². The summed E-state index contributed by atoms with van der Waals surface area (Å²) >= 11 is 0. The number of hydrogen-bond donors (Lipinski definition) is 1. The van der Waals surface area contributed by atoms with Crippen molar-refractivity contribution in [2.75, 3.05) is 25.1 Å². The number of ether oxygens (including phenoxy) is 1. The van der Waals surface area contributed by atoms with E-state index in [0.29, 0.717) is 23.7 Å². The number of rotatable bonds is 6. The fraction of sp³-hybridized carbons (Fsp3) is 0.320. The van der Waals surface area contributed by atoms with Crippen LogP contribution in [-0.4, -0.2) is 41.6 Å². The zero-order valence-corrected chi connectivity index (χ0v) is 17.9. The zero-order chi connectivity index (χ0) is 21.8. The Morgan fingerprint density at radius 3 is 2.23 bits per heavy atom. The van der Waals surface area contributed by atoms with Crippen LogP contribution in [0.1, 0.15) is 34.8 Å². The van der Waals surface area contributed by atoms with Gasteiger partial charge in [0, 0.05) is 25.2 Å². The summed E-state index contributed by atoms with van der Waals surface area (Å²) in [6, 6.07) is 16.8. The lowest BCUT2D eigenvalue weighted by Crippen LogP contribution is -2.34. The molecule has 0 amide bonds. The Morgan fingerprint density at radius 2 is 1.65 bits per heavy atom. The summed E-state index contributed by atoms with van der Waals surface area (Å²) in [5, 5.41) is 9.84. The van der Waals surface area contributed by atoms with Crippen molar-refractivity contribution in [3.8, 4) is 22.6 Å². The van der Waals surface area contributed by atoms with Crippen molar-refractivity contribution < 1.29 is 14.6 Å². The van der Waals surface area contributed by atoms with E-state index in [4.69, 9.17) is 4.74 Å². The number of carbonyl (C=O) groups is 1. The number of piperidine rings is 1. The number of methoxy groups -OCH3 is 1. The second-order valence-electron chi connectivity index (χ2n) is 7.99. The molecule has 1 saturated heterocycles. The minimum absolute atomic E-state index is 0.0804. The maximum atomic E-state index is 11.1. The second-order valence-corrected chi connectivity index (χ2v) is 7.99. The molecule has 3 aromatic rings. The zero-order valence-electron chi connectivity index (χ0n) is 17.9. The van der Waals surface area contributed by atoms with Gasteiger partial charge in [-0.05, 0) is 61.1 Å². The van der Waals surface area contributed by atoms with Crippen LogP contribution in [0.3, 0.4) is 0 Å². The molecule has 1 aromatic heterocycles. The van der Waals surface area contributed by atoms with Gasteiger partial charge >= 0.3 is 0 Å². The fourth-order valence-electron chi connectivity index (χ4n) is 4.12. The van der Waals surface area contributed by atoms with Gasteiger partial charge in [0.15, 0.2) is 12.0 Å². The van der Waals surface area contributed by atoms with E-state index in [9.17, 15) is 9.90 Å². The average molecular weight is 418 g/mol. The van der Waals surface area contributed by atoms with Crippen LogP contribution in [0, 0.1) is 12.8 Å². The molecule has 0 atom stereocenters. The highest BCUT2D eigenvalue weighted by molar-refractivity contribution is 5.76. The van der Waals surface area contributed by atoms with Gasteiger partial charge in [0.1, 0.15) is 17.3 Å². The van der Waals surface area contributed by atoms with Crippen molar-refractivity contribution in [3.05, 3.63) is 65.7 Å². The Morgan fingerprint density at radius 1 is 1.03 bits per heavy atom. The summed E-state index contributed by atoms with van der Waals surface area (Å²) in [5.74, 6) is 1.85. The highest BCUT2D eigenvalue weighted by Gasteiger charge is 2.22. The molecule has 2 aromatic carbocycles. The number of hydrogen-bond acceptors (Lipinski definition) is 6. The number of aryl methyl sites for hydroxylation is 1. The number of anilines is 1. The predicted molar refractivity (Wildman–Crippen MR) is 121 cm³/mol. The topological polar surface area (TPSA) is 75.6 Å². The van der Waals surface area contributed by atoms with E-state index < -0.39 is 0 Å². The number of nitrogens with zero attached hydrogens (tertiary/aromatic N) is 3. The Labute approximate surface area is 182 Å². The van der Waals surface area contributed by atoms with Gasteiger partial charge in [-0.1, -0.05) is 24.3 Å². The fourth-order valence-corrected chi connectivity index (χ4v) is 4.12. The monoisotopic (exact) mass is 417 g/mol. The van der Waals surface area contributed by atoms with Gasteiger partial charge in [-0.25, -0.2) is 9.97 Å². The van der Waals surface area contributed by atoms with Crippen LogP contribution in [0.5, 0.6) is 11.5 Å². The first-order chi connectivity index (χ1) is 15.1. The molecule has 0 spiro atoms. The third-order valence-electron chi connectivity index (χ3n) is 5.98. The first-order valence-electron chi connectivity index (χ1n) is 10.6. The van der Waals surface area contributed by atoms with E-state index >= 15 is 0 Å². The largest absolute Gasteiger partial charge is 0.504 e. The van der Waals surface area contributed by atoms with E-state index in [1.807, 2.05) is 12.1 Å². The smallest absolute Gasteiger partial charge is 0.172 e. The van der Waals surface area contributed by atoms with Crippen LogP contribution >= 0.6 is 0 Å². The molecule has 2 heterocycles. The molecular weight excluding hydrogens is 390 g/mol. The Bertz CT molecular complexity index is 1040. The maximum Gasteiger partial charge on any atom is 0.172 e. The third kappa shape index (κ3) is 4.68. The van der Waals surface area contributed by atoms with E-state index in [1.54, 1.807) is 14.0 Å². The number of carbonyl (C=O) groups excluding carboxylic acids is 1. The quantitative estimate of drug-likeness (QED) is 0.598. The lowest BCUT2D eigenvalue weighted by atomic mass is 9.92. The van der Waals surface area contributed by atoms with Crippen LogP contribution in [0.4, 0.5) is 5.69 Å². The molecule has 1 fully saturated rings. The van der Waals surface area contributed by atoms with Gasteiger partial charge in [0.05, 0.1) is 12.8 Å². The summed E-state index contributed by atoms with van der Waals surface area (Å²) in [6.07, 6.45) is 3.40. The molecule has 0 unspecified atom stereocenters. The summed E-state index contributed by atoms with van der Waals surface area (Å²) in [6.45, 7) is 3.65. The molecule has 4 rings (SSSR count). The minimum atomic E-state index is -0.119. The molecule has 1 N–H and O–H groups in total. The van der Waals surface area contributed by atoms with E-state index in [-0.39, 0.29) is 11.4 Å². The highest BCUT2D eigenvalue weighted by Crippen LogP contribution is 2.29. The molecule has 0 aliphatic carbocycles. The summed E-state index contributed by atoms with van der Waals surface area (Å²) < 4.78 is 5.23. The summed E-state index contributed by atoms with van der Waals surface area (Å²) in [7, 11) is 1.67. The van der Waals surface area contributed by atoms with Gasteiger partial charge in [-0.15, -0.1) is 0 Å². The van der Waals surface area contributed by atoms with Crippen molar-refractivity contribution >= 4 is 12.0 Å². The molecule has 1 aliphatic rings. The van der Waals surface area contributed by atoms with Gasteiger partial charge in [-0.2, -0.15) is 0 Å². The van der Waals surface area contributed by atoms with E-state index in [0.717, 1.165) is 38.1 Å². The molecule has 0 bridgehead atoms. The van der Waals surface area contributed by atoms with Crippen molar-refractivity contribution in [2.45, 2.75) is 26.2 Å². The van der Waals surface area contributed by atoms with Crippen LogP contribution in [0.25, 0.3) is 11.1 Å². The predicted octanol–water partition coefficient (Wildman–Crippen LogP) is 4.44. The van der Waals surface area contributed by atoms with Crippen LogP contribution in [0.15, 0.2) is 48.5 Å². The van der Waals surface area contributed by atoms with Gasteiger partial charge in [0.25, 0.3) is 0 Å². The number of benzene rings is 2. The highest BCUT2D eigenvalue weighted by atomic mass is 16.5. The molecule has 0 radical (unpaired) electrons. The average Bonchev–Trinajstić information content (AvgIpc) is 2.82. The minimum Gasteiger partial charge on any atom is -0.504 e. The molecule has 6 heteroatoms. The van der Waals surface area contributed by atoms with Gasteiger partial charge < -0.3 is 14.7 Å². The van der Waals surface area contributed by atoms with Crippen molar-refractivity contribution in [1.82, 2.24) is 9.97 Å². The maximum absolute atomic E-state index is 11.1. The van der Waals surface area contributed by atoms with Crippen molar-refractivity contribution in [1.29, 1.82) is 0 Å². The standard InChI is InChI=1S/C25H27N3O3/c1-17-25(30)23(16-29)27-24(26-17)15-18-11-13-28(14-12-18)21-7-3-19(4-8-21)20-5-9-22(31-2)10-6-20/h3-10,16,18,30H,11-15H2,1-2H3. The summed E-state index contributed by atoms with van der Waals surface area (Å²) in [5.41, 5.74) is 4.13. The molecule has 31 heavy (non-hydrogen) atoms. The third-order valence-corrected chi connectivity index (χ3v) is 5.98. The summed E-state index contributed by atoms with van der Waals surface area (Å²) in [4.78, 5) is 22.1. The molecule has 6 nitrogen and oxygen atoms in total. The number of aromatic hydroxyl groups is 1. The molecular formula is C25H27N3O3. The van der Waals surface area contributed by atoms with Crippen LogP contribution in [0.2, 0.25) is 0 Å². The van der Waals surface area contributed by atoms with Crippen molar-refractivity contribution in [3.63, 3.8) is 0 Å². The van der Waals surface area contributed by atoms with Gasteiger partial charge in [-0.3, -0.25) is 4.79 Å². The Hall–Kier alpha value is -3.41. The molecule has 0 saturated carbocycles. The Kier molecular flexibility index (Phi) is 6.16. The van der Waals surface area contributed by atoms with Crippen molar-refractivity contribution in [2.24, 2.45) is 5.92 Å². The second kappa shape index (κ2) is 9.16. The van der Waals surface area contributed by atoms with Crippen LogP contribution < -0.4 is 9.64 Å². The van der Waals surface area contributed by atoms with Gasteiger partial charge in [0.2, 0.25) is 0 Å². The van der Waals surface area contributed by atoms with E-state index in [1.165, 1.54) is 16.8 Å².